The molecule has 0 spiro atoms. The largest absolute Gasteiger partial charge is 0.490 e. The molecule has 5 rings (SSSR count). The molecule has 50 heavy (non-hydrogen) atoms. The van der Waals surface area contributed by atoms with Crippen LogP contribution < -0.4 is 20.7 Å². The molecule has 1 aliphatic heterocycles. The molecule has 2 atom stereocenters. The number of hydrogen-bond donors (Lipinski definition) is 5. The molecule has 1 fully saturated rings. The Morgan fingerprint density at radius 1 is 0.960 bits per heavy atom. The number of unbranched alkanes of at least 4 members (excludes halogenated alkanes) is 1. The van der Waals surface area contributed by atoms with E-state index in [1.807, 2.05) is 24.3 Å². The number of amides is 2. The third-order valence-electron chi connectivity index (χ3n) is 9.17. The number of likely N-dealkylation sites (N-methyl/N-ethyl adjacent to an activating group) is 2. The standard InChI is InChI=1S/C38H52N8O4/c1-25(2)36(40-4)38(48)46-18-8-9-32(46)37-43-23-31(45-37)29-16-15-28(21-33(29)50-20-19-49-5)26-11-13-27(14-12-26)30-22-42-34(44-30)10-6-7-17-41-35(47)24-39-3/h11-16,21-23,25,32,36,39-40H,6-10,17-20,24H2,1-5H3,(H,41,47)(H,42,44)(H,43,45). The highest BCUT2D eigenvalue weighted by atomic mass is 16.5. The zero-order chi connectivity index (χ0) is 35.5. The summed E-state index contributed by atoms with van der Waals surface area (Å²) in [4.78, 5) is 43.3. The van der Waals surface area contributed by atoms with Gasteiger partial charge in [-0.1, -0.05) is 44.2 Å². The number of benzene rings is 2. The van der Waals surface area contributed by atoms with Crippen molar-refractivity contribution >= 4 is 11.8 Å². The van der Waals surface area contributed by atoms with Crippen molar-refractivity contribution in [1.29, 1.82) is 0 Å². The summed E-state index contributed by atoms with van der Waals surface area (Å²) >= 11 is 0. The quantitative estimate of drug-likeness (QED) is 0.0946. The predicted molar refractivity (Wildman–Crippen MR) is 196 cm³/mol. The van der Waals surface area contributed by atoms with E-state index in [1.165, 1.54) is 0 Å². The van der Waals surface area contributed by atoms with Crippen LogP contribution in [0.2, 0.25) is 0 Å². The van der Waals surface area contributed by atoms with Gasteiger partial charge >= 0.3 is 0 Å². The van der Waals surface area contributed by atoms with Crippen molar-refractivity contribution < 1.29 is 19.1 Å². The van der Waals surface area contributed by atoms with Gasteiger partial charge in [0.15, 0.2) is 0 Å². The summed E-state index contributed by atoms with van der Waals surface area (Å²) in [6.45, 7) is 6.73. The molecule has 12 heteroatoms. The van der Waals surface area contributed by atoms with Crippen LogP contribution in [-0.2, 0) is 20.7 Å². The summed E-state index contributed by atoms with van der Waals surface area (Å²) < 4.78 is 11.5. The van der Waals surface area contributed by atoms with Crippen molar-refractivity contribution in [2.24, 2.45) is 5.92 Å². The first-order valence-corrected chi connectivity index (χ1v) is 17.7. The number of carbonyl (C=O) groups excluding carboxylic acids is 2. The van der Waals surface area contributed by atoms with E-state index in [4.69, 9.17) is 14.5 Å². The van der Waals surface area contributed by atoms with E-state index < -0.39 is 0 Å². The highest BCUT2D eigenvalue weighted by Gasteiger charge is 2.36. The zero-order valence-electron chi connectivity index (χ0n) is 30.0. The summed E-state index contributed by atoms with van der Waals surface area (Å²) in [5, 5.41) is 8.96. The fourth-order valence-electron chi connectivity index (χ4n) is 6.50. The molecular formula is C38H52N8O4. The number of methoxy groups -OCH3 is 1. The third-order valence-corrected chi connectivity index (χ3v) is 9.17. The fraction of sp³-hybridized carbons (Fsp3) is 0.474. The van der Waals surface area contributed by atoms with Gasteiger partial charge in [0.05, 0.1) is 49.0 Å². The Hall–Kier alpha value is -4.52. The van der Waals surface area contributed by atoms with Crippen molar-refractivity contribution in [3.63, 3.8) is 0 Å². The number of nitrogens with one attached hydrogen (secondary N) is 5. The van der Waals surface area contributed by atoms with Crippen LogP contribution in [0.4, 0.5) is 0 Å². The minimum Gasteiger partial charge on any atom is -0.490 e. The van der Waals surface area contributed by atoms with Crippen LogP contribution in [0, 0.1) is 5.92 Å². The maximum absolute atomic E-state index is 13.4. The van der Waals surface area contributed by atoms with Gasteiger partial charge in [-0.2, -0.15) is 0 Å². The van der Waals surface area contributed by atoms with Gasteiger partial charge in [0, 0.05) is 32.2 Å². The summed E-state index contributed by atoms with van der Waals surface area (Å²) in [6, 6.07) is 14.3. The number of hydrogen-bond acceptors (Lipinski definition) is 8. The number of aryl methyl sites for hydroxylation is 1. The molecule has 1 saturated heterocycles. The molecule has 2 amide bonds. The maximum atomic E-state index is 13.4. The van der Waals surface area contributed by atoms with Gasteiger partial charge in [0.1, 0.15) is 24.0 Å². The Morgan fingerprint density at radius 3 is 2.46 bits per heavy atom. The lowest BCUT2D eigenvalue weighted by Crippen LogP contribution is -2.47. The summed E-state index contributed by atoms with van der Waals surface area (Å²) in [5.74, 6) is 2.79. The van der Waals surface area contributed by atoms with E-state index in [9.17, 15) is 9.59 Å². The molecule has 0 radical (unpaired) electrons. The number of H-pyrrole nitrogens is 2. The van der Waals surface area contributed by atoms with E-state index in [0.29, 0.717) is 26.3 Å². The first-order valence-electron chi connectivity index (χ1n) is 17.7. The smallest absolute Gasteiger partial charge is 0.240 e. The molecule has 0 aliphatic carbocycles. The predicted octanol–water partition coefficient (Wildman–Crippen LogP) is 4.72. The minimum atomic E-state index is -0.227. The van der Waals surface area contributed by atoms with Gasteiger partial charge in [-0.25, -0.2) is 9.97 Å². The van der Waals surface area contributed by atoms with Gasteiger partial charge in [0.25, 0.3) is 0 Å². The second-order valence-corrected chi connectivity index (χ2v) is 13.1. The lowest BCUT2D eigenvalue weighted by Gasteiger charge is -2.29. The molecule has 2 aromatic heterocycles. The monoisotopic (exact) mass is 684 g/mol. The SMILES string of the molecule is CNCC(=O)NCCCCc1ncc(-c2ccc(-c3ccc(-c4cnc(C5CCCN5C(=O)C(NC)C(C)C)[nH]4)c(OCCOC)c3)cc2)[nH]1. The first-order chi connectivity index (χ1) is 24.3. The number of imidazole rings is 2. The van der Waals surface area contributed by atoms with Crippen molar-refractivity contribution in [3.8, 4) is 39.4 Å². The molecular weight excluding hydrogens is 632 g/mol. The Balaban J connectivity index is 1.27. The minimum absolute atomic E-state index is 0.0139. The van der Waals surface area contributed by atoms with Crippen LogP contribution in [0.25, 0.3) is 33.6 Å². The Morgan fingerprint density at radius 2 is 1.72 bits per heavy atom. The van der Waals surface area contributed by atoms with Gasteiger partial charge in [-0.3, -0.25) is 9.59 Å². The molecule has 12 nitrogen and oxygen atoms in total. The molecule has 4 aromatic rings. The van der Waals surface area contributed by atoms with Crippen LogP contribution in [0.3, 0.4) is 0 Å². The highest BCUT2D eigenvalue weighted by Crippen LogP contribution is 2.37. The van der Waals surface area contributed by atoms with Gasteiger partial charge < -0.3 is 40.3 Å². The van der Waals surface area contributed by atoms with Gasteiger partial charge in [-0.05, 0) is 74.5 Å². The zero-order valence-corrected chi connectivity index (χ0v) is 30.0. The summed E-state index contributed by atoms with van der Waals surface area (Å²) in [6.07, 6.45) is 8.18. The van der Waals surface area contributed by atoms with Gasteiger partial charge in [-0.15, -0.1) is 0 Å². The molecule has 3 heterocycles. The Bertz CT molecular complexity index is 1680. The molecule has 0 bridgehead atoms. The lowest BCUT2D eigenvalue weighted by molar-refractivity contribution is -0.135. The maximum Gasteiger partial charge on any atom is 0.240 e. The van der Waals surface area contributed by atoms with Crippen molar-refractivity contribution in [2.75, 3.05) is 54.1 Å². The molecule has 2 aromatic carbocycles. The average Bonchev–Trinajstić information content (AvgIpc) is 3.90. The number of nitrogens with zero attached hydrogens (tertiary/aromatic N) is 3. The number of aromatic nitrogens is 4. The topological polar surface area (TPSA) is 149 Å². The summed E-state index contributed by atoms with van der Waals surface area (Å²) in [7, 11) is 5.27. The van der Waals surface area contributed by atoms with E-state index in [0.717, 1.165) is 89.7 Å². The number of rotatable bonds is 18. The lowest BCUT2D eigenvalue weighted by atomic mass is 10.00. The van der Waals surface area contributed by atoms with Crippen LogP contribution in [0.5, 0.6) is 5.75 Å². The van der Waals surface area contributed by atoms with E-state index in [2.05, 4.69) is 87.2 Å². The second-order valence-electron chi connectivity index (χ2n) is 13.1. The molecule has 0 saturated carbocycles. The normalized spacial score (nSPS) is 15.1. The first kappa shape index (κ1) is 36.8. The Labute approximate surface area is 295 Å². The van der Waals surface area contributed by atoms with Crippen LogP contribution in [-0.4, -0.2) is 96.7 Å². The van der Waals surface area contributed by atoms with E-state index in [1.54, 1.807) is 14.2 Å². The Kier molecular flexibility index (Phi) is 13.2. The van der Waals surface area contributed by atoms with Crippen LogP contribution in [0.15, 0.2) is 54.9 Å². The number of likely N-dealkylation sites (tertiary alicyclic amines) is 1. The molecule has 268 valence electrons. The van der Waals surface area contributed by atoms with Crippen molar-refractivity contribution in [3.05, 3.63) is 66.5 Å². The summed E-state index contributed by atoms with van der Waals surface area (Å²) in [5.41, 5.74) is 5.86. The number of carbonyl (C=O) groups is 2. The number of ether oxygens (including phenoxy) is 2. The van der Waals surface area contributed by atoms with Crippen LogP contribution >= 0.6 is 0 Å². The molecule has 5 N–H and O–H groups in total. The highest BCUT2D eigenvalue weighted by molar-refractivity contribution is 5.83. The molecule has 1 aliphatic rings. The molecule has 2 unspecified atom stereocenters. The van der Waals surface area contributed by atoms with Crippen molar-refractivity contribution in [1.82, 2.24) is 40.8 Å². The van der Waals surface area contributed by atoms with E-state index >= 15 is 0 Å². The third kappa shape index (κ3) is 9.17. The van der Waals surface area contributed by atoms with Crippen molar-refractivity contribution in [2.45, 2.75) is 58.0 Å². The second kappa shape index (κ2) is 17.9. The fourth-order valence-corrected chi connectivity index (χ4v) is 6.50. The van der Waals surface area contributed by atoms with E-state index in [-0.39, 0.29) is 29.8 Å². The van der Waals surface area contributed by atoms with Gasteiger partial charge in [0.2, 0.25) is 11.8 Å². The number of aromatic amines is 2. The van der Waals surface area contributed by atoms with Crippen LogP contribution in [0.1, 0.15) is 57.2 Å². The average molecular weight is 685 g/mol.